The third-order valence-corrected chi connectivity index (χ3v) is 3.49. The molecule has 0 aliphatic rings. The Kier molecular flexibility index (Phi) is 5.22. The highest BCUT2D eigenvalue weighted by Crippen LogP contribution is 2.18. The van der Waals surface area contributed by atoms with Gasteiger partial charge in [0.1, 0.15) is 0 Å². The van der Waals surface area contributed by atoms with Crippen molar-refractivity contribution in [1.29, 1.82) is 0 Å². The van der Waals surface area contributed by atoms with Gasteiger partial charge in [-0.15, -0.1) is 0 Å². The monoisotopic (exact) mass is 314 g/mol. The summed E-state index contributed by atoms with van der Waals surface area (Å²) in [5.74, 6) is 0. The summed E-state index contributed by atoms with van der Waals surface area (Å²) in [6, 6.07) is 16.3. The van der Waals surface area contributed by atoms with Crippen LogP contribution in [-0.2, 0) is 0 Å². The number of hydrogen-bond acceptors (Lipinski definition) is 3. The molecule has 0 aliphatic heterocycles. The van der Waals surface area contributed by atoms with E-state index in [2.05, 4.69) is 44.7 Å². The van der Waals surface area contributed by atoms with Gasteiger partial charge in [-0.1, -0.05) is 0 Å². The maximum Gasteiger partial charge on any atom is 0.175 e. The van der Waals surface area contributed by atoms with E-state index in [1.807, 2.05) is 52.5 Å². The number of thiocarbonyl (C=S) groups is 1. The van der Waals surface area contributed by atoms with Crippen LogP contribution >= 0.6 is 12.2 Å². The van der Waals surface area contributed by atoms with Crippen molar-refractivity contribution in [3.63, 3.8) is 0 Å². The van der Waals surface area contributed by atoms with Crippen LogP contribution in [0.2, 0.25) is 0 Å². The molecule has 0 radical (unpaired) electrons. The molecule has 0 saturated heterocycles. The van der Waals surface area contributed by atoms with Crippen LogP contribution in [0, 0.1) is 0 Å². The van der Waals surface area contributed by atoms with Gasteiger partial charge in [-0.25, -0.2) is 0 Å². The molecule has 116 valence electrons. The molecule has 22 heavy (non-hydrogen) atoms. The zero-order chi connectivity index (χ0) is 16.1. The van der Waals surface area contributed by atoms with E-state index in [0.717, 1.165) is 22.7 Å². The fraction of sp³-hybridized carbons (Fsp3) is 0.235. The Morgan fingerprint density at radius 2 is 1.00 bits per heavy atom. The molecule has 0 aromatic heterocycles. The van der Waals surface area contributed by atoms with Gasteiger partial charge in [0.25, 0.3) is 0 Å². The molecule has 0 bridgehead atoms. The van der Waals surface area contributed by atoms with E-state index in [0.29, 0.717) is 5.11 Å². The van der Waals surface area contributed by atoms with Crippen LogP contribution in [0.4, 0.5) is 22.7 Å². The molecule has 0 atom stereocenters. The molecule has 2 rings (SSSR count). The number of nitrogens with one attached hydrogen (secondary N) is 2. The van der Waals surface area contributed by atoms with Crippen molar-refractivity contribution in [2.24, 2.45) is 0 Å². The SMILES string of the molecule is CN(C)c1ccc(NC(=S)Nc2ccc(N(C)C)cc2)cc1. The standard InChI is InChI=1S/C17H22N4S/c1-20(2)15-9-5-13(6-10-15)18-17(22)19-14-7-11-16(12-8-14)21(3)4/h5-12H,1-4H3,(H2,18,19,22). The Bertz CT molecular complexity index is 563. The number of nitrogens with zero attached hydrogens (tertiary/aromatic N) is 2. The van der Waals surface area contributed by atoms with E-state index in [1.54, 1.807) is 0 Å². The van der Waals surface area contributed by atoms with Crippen molar-refractivity contribution in [3.8, 4) is 0 Å². The van der Waals surface area contributed by atoms with Crippen LogP contribution in [0.15, 0.2) is 48.5 Å². The van der Waals surface area contributed by atoms with Gasteiger partial charge < -0.3 is 20.4 Å². The summed E-state index contributed by atoms with van der Waals surface area (Å²) in [6.07, 6.45) is 0. The summed E-state index contributed by atoms with van der Waals surface area (Å²) in [6.45, 7) is 0. The Labute approximate surface area is 137 Å². The summed E-state index contributed by atoms with van der Waals surface area (Å²) < 4.78 is 0. The number of benzene rings is 2. The topological polar surface area (TPSA) is 30.5 Å². The molecule has 0 unspecified atom stereocenters. The summed E-state index contributed by atoms with van der Waals surface area (Å²) in [5, 5.41) is 6.95. The second kappa shape index (κ2) is 7.13. The molecular formula is C17H22N4S. The lowest BCUT2D eigenvalue weighted by Gasteiger charge is -2.15. The van der Waals surface area contributed by atoms with E-state index >= 15 is 0 Å². The van der Waals surface area contributed by atoms with Gasteiger partial charge in [0, 0.05) is 50.9 Å². The Morgan fingerprint density at radius 3 is 1.27 bits per heavy atom. The zero-order valence-electron chi connectivity index (χ0n) is 13.4. The predicted octanol–water partition coefficient (Wildman–Crippen LogP) is 3.63. The highest BCUT2D eigenvalue weighted by Gasteiger charge is 2.01. The number of hydrogen-bond donors (Lipinski definition) is 2. The third-order valence-electron chi connectivity index (χ3n) is 3.28. The summed E-state index contributed by atoms with van der Waals surface area (Å²) in [7, 11) is 8.08. The largest absolute Gasteiger partial charge is 0.378 e. The molecule has 5 heteroatoms. The minimum absolute atomic E-state index is 0.579. The van der Waals surface area contributed by atoms with Crippen molar-refractivity contribution < 1.29 is 0 Å². The van der Waals surface area contributed by atoms with E-state index in [9.17, 15) is 0 Å². The van der Waals surface area contributed by atoms with Crippen LogP contribution in [0.25, 0.3) is 0 Å². The van der Waals surface area contributed by atoms with Gasteiger partial charge in [0.15, 0.2) is 5.11 Å². The summed E-state index contributed by atoms with van der Waals surface area (Å²) >= 11 is 5.34. The summed E-state index contributed by atoms with van der Waals surface area (Å²) in [4.78, 5) is 4.12. The molecule has 0 heterocycles. The van der Waals surface area contributed by atoms with Crippen molar-refractivity contribution >= 4 is 40.1 Å². The zero-order valence-corrected chi connectivity index (χ0v) is 14.2. The minimum atomic E-state index is 0.579. The smallest absolute Gasteiger partial charge is 0.175 e. The molecule has 0 saturated carbocycles. The van der Waals surface area contributed by atoms with Gasteiger partial charge in [-0.3, -0.25) is 0 Å². The average molecular weight is 314 g/mol. The van der Waals surface area contributed by atoms with Crippen LogP contribution in [0.5, 0.6) is 0 Å². The number of anilines is 4. The van der Waals surface area contributed by atoms with Crippen molar-refractivity contribution in [3.05, 3.63) is 48.5 Å². The van der Waals surface area contributed by atoms with Crippen LogP contribution in [0.1, 0.15) is 0 Å². The van der Waals surface area contributed by atoms with E-state index in [1.165, 1.54) is 0 Å². The maximum atomic E-state index is 5.34. The summed E-state index contributed by atoms with van der Waals surface area (Å²) in [5.41, 5.74) is 4.24. The molecule has 0 amide bonds. The Balaban J connectivity index is 1.94. The molecule has 0 fully saturated rings. The van der Waals surface area contributed by atoms with Gasteiger partial charge >= 0.3 is 0 Å². The quantitative estimate of drug-likeness (QED) is 0.842. The number of rotatable bonds is 4. The third kappa shape index (κ3) is 4.36. The molecular weight excluding hydrogens is 292 g/mol. The first-order valence-corrected chi connectivity index (χ1v) is 7.49. The van der Waals surface area contributed by atoms with Gasteiger partial charge in [-0.05, 0) is 60.7 Å². The van der Waals surface area contributed by atoms with E-state index in [-0.39, 0.29) is 0 Å². The van der Waals surface area contributed by atoms with Crippen LogP contribution < -0.4 is 20.4 Å². The lowest BCUT2D eigenvalue weighted by Crippen LogP contribution is -2.19. The predicted molar refractivity (Wildman–Crippen MR) is 101 cm³/mol. The minimum Gasteiger partial charge on any atom is -0.378 e. The van der Waals surface area contributed by atoms with Crippen LogP contribution in [-0.4, -0.2) is 33.3 Å². The lowest BCUT2D eigenvalue weighted by atomic mass is 10.2. The first-order chi connectivity index (χ1) is 10.5. The maximum absolute atomic E-state index is 5.34. The molecule has 0 aliphatic carbocycles. The van der Waals surface area contributed by atoms with Crippen molar-refractivity contribution in [1.82, 2.24) is 0 Å². The van der Waals surface area contributed by atoms with Crippen molar-refractivity contribution in [2.45, 2.75) is 0 Å². The average Bonchev–Trinajstić information content (AvgIpc) is 2.48. The first kappa shape index (κ1) is 16.1. The van der Waals surface area contributed by atoms with Gasteiger partial charge in [0.2, 0.25) is 0 Å². The second-order valence-corrected chi connectivity index (χ2v) is 5.87. The van der Waals surface area contributed by atoms with Gasteiger partial charge in [-0.2, -0.15) is 0 Å². The lowest BCUT2D eigenvalue weighted by molar-refractivity contribution is 1.13. The molecule has 4 nitrogen and oxygen atoms in total. The normalized spacial score (nSPS) is 10.0. The van der Waals surface area contributed by atoms with E-state index < -0.39 is 0 Å². The first-order valence-electron chi connectivity index (χ1n) is 7.08. The van der Waals surface area contributed by atoms with Crippen molar-refractivity contribution in [2.75, 3.05) is 48.6 Å². The molecule has 2 N–H and O–H groups in total. The fourth-order valence-corrected chi connectivity index (χ4v) is 2.21. The van der Waals surface area contributed by atoms with Gasteiger partial charge in [0.05, 0.1) is 0 Å². The molecule has 2 aromatic rings. The molecule has 2 aromatic carbocycles. The fourth-order valence-electron chi connectivity index (χ4n) is 1.98. The Morgan fingerprint density at radius 1 is 0.682 bits per heavy atom. The van der Waals surface area contributed by atoms with Crippen LogP contribution in [0.3, 0.4) is 0 Å². The highest BCUT2D eigenvalue weighted by atomic mass is 32.1. The Hall–Kier alpha value is -2.27. The second-order valence-electron chi connectivity index (χ2n) is 5.46. The highest BCUT2D eigenvalue weighted by molar-refractivity contribution is 7.80. The molecule has 0 spiro atoms. The van der Waals surface area contributed by atoms with E-state index in [4.69, 9.17) is 12.2 Å².